The van der Waals surface area contributed by atoms with Crippen molar-refractivity contribution < 1.29 is 12.8 Å². The lowest BCUT2D eigenvalue weighted by atomic mass is 10.2. The lowest BCUT2D eigenvalue weighted by Gasteiger charge is -2.08. The summed E-state index contributed by atoms with van der Waals surface area (Å²) in [5.41, 5.74) is 5.82. The Labute approximate surface area is 115 Å². The standard InChI is InChI=1S/C12H10ClFN2O2S/c13-12-8(2-1-3-9(12)14)7-19(17,18)11-4-5-16-6-10(11)15/h1-6H,7,15H2. The number of nitrogens with two attached hydrogens (primary N) is 1. The summed E-state index contributed by atoms with van der Waals surface area (Å²) >= 11 is 5.74. The largest absolute Gasteiger partial charge is 0.396 e. The molecule has 0 aliphatic heterocycles. The van der Waals surface area contributed by atoms with Crippen LogP contribution in [-0.2, 0) is 15.6 Å². The average Bonchev–Trinajstić information content (AvgIpc) is 2.35. The molecule has 1 heterocycles. The fourth-order valence-electron chi connectivity index (χ4n) is 1.62. The molecule has 1 aromatic carbocycles. The summed E-state index contributed by atoms with van der Waals surface area (Å²) in [6, 6.07) is 5.33. The Hall–Kier alpha value is -1.66. The van der Waals surface area contributed by atoms with Gasteiger partial charge in [0.2, 0.25) is 0 Å². The Morgan fingerprint density at radius 3 is 2.74 bits per heavy atom. The van der Waals surface area contributed by atoms with E-state index in [4.69, 9.17) is 17.3 Å². The maximum Gasteiger partial charge on any atom is 0.184 e. The van der Waals surface area contributed by atoms with Crippen LogP contribution >= 0.6 is 11.6 Å². The summed E-state index contributed by atoms with van der Waals surface area (Å²) in [6.07, 6.45) is 2.58. The zero-order chi connectivity index (χ0) is 14.0. The van der Waals surface area contributed by atoms with Gasteiger partial charge in [-0.2, -0.15) is 0 Å². The number of sulfone groups is 1. The lowest BCUT2D eigenvalue weighted by molar-refractivity contribution is 0.595. The van der Waals surface area contributed by atoms with Crippen LogP contribution in [0.15, 0.2) is 41.6 Å². The van der Waals surface area contributed by atoms with Crippen molar-refractivity contribution in [2.24, 2.45) is 0 Å². The van der Waals surface area contributed by atoms with Crippen molar-refractivity contribution in [3.05, 3.63) is 53.1 Å². The van der Waals surface area contributed by atoms with Gasteiger partial charge in [-0.05, 0) is 17.7 Å². The average molecular weight is 301 g/mol. The van der Waals surface area contributed by atoms with Crippen LogP contribution < -0.4 is 5.73 Å². The zero-order valence-electron chi connectivity index (χ0n) is 9.68. The molecule has 0 atom stereocenters. The minimum absolute atomic E-state index is 0.0390. The van der Waals surface area contributed by atoms with Crippen molar-refractivity contribution in [3.8, 4) is 0 Å². The van der Waals surface area contributed by atoms with Gasteiger partial charge in [0.25, 0.3) is 0 Å². The highest BCUT2D eigenvalue weighted by molar-refractivity contribution is 7.90. The van der Waals surface area contributed by atoms with Gasteiger partial charge in [0, 0.05) is 6.20 Å². The summed E-state index contributed by atoms with van der Waals surface area (Å²) in [6.45, 7) is 0. The molecular weight excluding hydrogens is 291 g/mol. The smallest absolute Gasteiger partial charge is 0.184 e. The van der Waals surface area contributed by atoms with E-state index in [-0.39, 0.29) is 21.2 Å². The second kappa shape index (κ2) is 5.14. The molecule has 7 heteroatoms. The SMILES string of the molecule is Nc1cnccc1S(=O)(=O)Cc1cccc(F)c1Cl. The fourth-order valence-corrected chi connectivity index (χ4v) is 3.38. The third-order valence-corrected chi connectivity index (χ3v) is 4.68. The topological polar surface area (TPSA) is 73.0 Å². The summed E-state index contributed by atoms with van der Waals surface area (Å²) in [4.78, 5) is 3.68. The molecule has 1 aromatic heterocycles. The molecule has 0 amide bonds. The first kappa shape index (κ1) is 13.8. The van der Waals surface area contributed by atoms with Gasteiger partial charge in [-0.3, -0.25) is 4.98 Å². The minimum atomic E-state index is -3.70. The van der Waals surface area contributed by atoms with Crippen LogP contribution in [0.3, 0.4) is 0 Å². The Morgan fingerprint density at radius 1 is 1.32 bits per heavy atom. The van der Waals surface area contributed by atoms with Crippen molar-refractivity contribution in [1.29, 1.82) is 0 Å². The number of benzene rings is 1. The number of nitrogens with zero attached hydrogens (tertiary/aromatic N) is 1. The normalized spacial score (nSPS) is 11.5. The van der Waals surface area contributed by atoms with E-state index < -0.39 is 21.4 Å². The quantitative estimate of drug-likeness (QED) is 0.945. The van der Waals surface area contributed by atoms with E-state index in [1.807, 2.05) is 0 Å². The molecule has 0 spiro atoms. The highest BCUT2D eigenvalue weighted by Gasteiger charge is 2.20. The van der Waals surface area contributed by atoms with E-state index in [9.17, 15) is 12.8 Å². The van der Waals surface area contributed by atoms with Gasteiger partial charge in [-0.15, -0.1) is 0 Å². The van der Waals surface area contributed by atoms with Gasteiger partial charge in [0.15, 0.2) is 9.84 Å². The predicted octanol–water partition coefficient (Wildman–Crippen LogP) is 2.43. The number of pyridine rings is 1. The molecule has 0 aliphatic carbocycles. The lowest BCUT2D eigenvalue weighted by Crippen LogP contribution is -2.08. The maximum atomic E-state index is 13.3. The molecule has 0 unspecified atom stereocenters. The van der Waals surface area contributed by atoms with Crippen molar-refractivity contribution >= 4 is 27.1 Å². The molecule has 19 heavy (non-hydrogen) atoms. The summed E-state index contributed by atoms with van der Waals surface area (Å²) in [5, 5.41) is -0.196. The van der Waals surface area contributed by atoms with Crippen LogP contribution in [0.4, 0.5) is 10.1 Å². The fraction of sp³-hybridized carbons (Fsp3) is 0.0833. The number of nitrogen functional groups attached to an aromatic ring is 1. The zero-order valence-corrected chi connectivity index (χ0v) is 11.2. The molecule has 0 fully saturated rings. The van der Waals surface area contributed by atoms with E-state index in [2.05, 4.69) is 4.98 Å². The predicted molar refractivity (Wildman–Crippen MR) is 70.9 cm³/mol. The first-order valence-corrected chi connectivity index (χ1v) is 7.30. The molecule has 0 aliphatic rings. The summed E-state index contributed by atoms with van der Waals surface area (Å²) in [5.74, 6) is -1.07. The molecule has 0 radical (unpaired) electrons. The minimum Gasteiger partial charge on any atom is -0.396 e. The molecular formula is C12H10ClFN2O2S. The van der Waals surface area contributed by atoms with E-state index in [0.717, 1.165) is 0 Å². The van der Waals surface area contributed by atoms with Crippen LogP contribution in [0.1, 0.15) is 5.56 Å². The molecule has 0 saturated heterocycles. The van der Waals surface area contributed by atoms with Crippen LogP contribution in [0.5, 0.6) is 0 Å². The number of rotatable bonds is 3. The van der Waals surface area contributed by atoms with Crippen LogP contribution in [0.25, 0.3) is 0 Å². The van der Waals surface area contributed by atoms with Gasteiger partial charge in [-0.1, -0.05) is 23.7 Å². The van der Waals surface area contributed by atoms with E-state index >= 15 is 0 Å². The molecule has 4 nitrogen and oxygen atoms in total. The third-order valence-electron chi connectivity index (χ3n) is 2.52. The number of halogens is 2. The number of anilines is 1. The Bertz CT molecular complexity index is 719. The Balaban J connectivity index is 2.43. The van der Waals surface area contributed by atoms with Gasteiger partial charge in [-0.25, -0.2) is 12.8 Å². The van der Waals surface area contributed by atoms with Crippen LogP contribution in [-0.4, -0.2) is 13.4 Å². The van der Waals surface area contributed by atoms with Crippen molar-refractivity contribution in [2.45, 2.75) is 10.6 Å². The first-order chi connectivity index (χ1) is 8.92. The van der Waals surface area contributed by atoms with Gasteiger partial charge in [0.05, 0.1) is 27.6 Å². The summed E-state index contributed by atoms with van der Waals surface area (Å²) in [7, 11) is -3.70. The highest BCUT2D eigenvalue weighted by Crippen LogP contribution is 2.26. The molecule has 2 N–H and O–H groups in total. The van der Waals surface area contributed by atoms with Crippen LogP contribution in [0, 0.1) is 5.82 Å². The Kier molecular flexibility index (Phi) is 3.73. The van der Waals surface area contributed by atoms with E-state index in [1.165, 1.54) is 36.7 Å². The molecule has 2 aromatic rings. The molecule has 0 saturated carbocycles. The van der Waals surface area contributed by atoms with Gasteiger partial charge < -0.3 is 5.73 Å². The number of hydrogen-bond donors (Lipinski definition) is 1. The van der Waals surface area contributed by atoms with E-state index in [1.54, 1.807) is 0 Å². The molecule has 100 valence electrons. The van der Waals surface area contributed by atoms with Crippen molar-refractivity contribution in [3.63, 3.8) is 0 Å². The number of aromatic nitrogens is 1. The molecule has 0 bridgehead atoms. The monoisotopic (exact) mass is 300 g/mol. The van der Waals surface area contributed by atoms with Crippen molar-refractivity contribution in [1.82, 2.24) is 4.98 Å². The second-order valence-electron chi connectivity index (χ2n) is 3.89. The summed E-state index contributed by atoms with van der Waals surface area (Å²) < 4.78 is 37.7. The Morgan fingerprint density at radius 2 is 2.05 bits per heavy atom. The van der Waals surface area contributed by atoms with E-state index in [0.29, 0.717) is 0 Å². The van der Waals surface area contributed by atoms with Gasteiger partial charge in [0.1, 0.15) is 5.82 Å². The number of hydrogen-bond acceptors (Lipinski definition) is 4. The third kappa shape index (κ3) is 2.85. The highest BCUT2D eigenvalue weighted by atomic mass is 35.5. The molecule has 2 rings (SSSR count). The second-order valence-corrected chi connectivity index (χ2v) is 6.22. The van der Waals surface area contributed by atoms with Gasteiger partial charge >= 0.3 is 0 Å². The van der Waals surface area contributed by atoms with Crippen LogP contribution in [0.2, 0.25) is 5.02 Å². The maximum absolute atomic E-state index is 13.3. The first-order valence-electron chi connectivity index (χ1n) is 5.27. The van der Waals surface area contributed by atoms with Crippen molar-refractivity contribution in [2.75, 3.05) is 5.73 Å².